The average molecular weight is 566 g/mol. The zero-order valence-corrected chi connectivity index (χ0v) is 21.8. The summed E-state index contributed by atoms with van der Waals surface area (Å²) in [6.45, 7) is 3.26. The third-order valence-electron chi connectivity index (χ3n) is 7.29. The van der Waals surface area contributed by atoms with Crippen molar-refractivity contribution in [1.82, 2.24) is 20.1 Å². The van der Waals surface area contributed by atoms with Crippen LogP contribution in [0.25, 0.3) is 0 Å². The number of hydrogen-bond acceptors (Lipinski definition) is 5. The van der Waals surface area contributed by atoms with Gasteiger partial charge in [-0.25, -0.2) is 9.18 Å². The standard InChI is InChI=1S/C26H27F4N5O5/c1-14(2)20(32-21(37)17-12-15(26(28,29)30)4-6-18(17)27)22(38)34-10-8-25(9-11-34)23(39)33(3)24(40)35(25)16-5-7-19(36)31-13-16/h4-7,12-14,20H,8-11H2,1-3H3,(H,31,36)(H,32,37). The average Bonchev–Trinajstić information content (AvgIpc) is 3.07. The number of H-pyrrole nitrogens is 1. The topological polar surface area (TPSA) is 123 Å². The number of alkyl halides is 3. The molecule has 0 aliphatic carbocycles. The number of imide groups is 1. The fraction of sp³-hybridized carbons (Fsp3) is 0.423. The highest BCUT2D eigenvalue weighted by molar-refractivity contribution is 6.16. The predicted molar refractivity (Wildman–Crippen MR) is 134 cm³/mol. The normalized spacial score (nSPS) is 18.1. The molecule has 10 nitrogen and oxygen atoms in total. The van der Waals surface area contributed by atoms with Crippen LogP contribution < -0.4 is 15.8 Å². The number of likely N-dealkylation sites (N-methyl/N-ethyl adjacent to an activating group) is 1. The van der Waals surface area contributed by atoms with Crippen LogP contribution in [0.15, 0.2) is 41.3 Å². The highest BCUT2D eigenvalue weighted by Gasteiger charge is 2.58. The second kappa shape index (κ2) is 10.4. The summed E-state index contributed by atoms with van der Waals surface area (Å²) in [6.07, 6.45) is -3.37. The van der Waals surface area contributed by atoms with Crippen LogP contribution in [0.4, 0.5) is 28.0 Å². The Labute approximate surface area is 225 Å². The molecule has 1 aromatic heterocycles. The van der Waals surface area contributed by atoms with E-state index in [0.29, 0.717) is 23.9 Å². The summed E-state index contributed by atoms with van der Waals surface area (Å²) in [6, 6.07) is 2.30. The van der Waals surface area contributed by atoms with Gasteiger partial charge in [-0.3, -0.25) is 29.0 Å². The monoisotopic (exact) mass is 565 g/mol. The molecule has 2 saturated heterocycles. The SMILES string of the molecule is CC(C)C(NC(=O)c1cc(C(F)(F)F)ccc1F)C(=O)N1CCC2(CC1)C(=O)N(C)C(=O)N2c1ccc(=O)[nH]c1. The largest absolute Gasteiger partial charge is 0.416 e. The van der Waals surface area contributed by atoms with Crippen molar-refractivity contribution in [1.29, 1.82) is 0 Å². The van der Waals surface area contributed by atoms with E-state index in [-0.39, 0.29) is 25.9 Å². The molecule has 0 radical (unpaired) electrons. The first-order valence-corrected chi connectivity index (χ1v) is 12.4. The fourth-order valence-electron chi connectivity index (χ4n) is 5.07. The van der Waals surface area contributed by atoms with Crippen LogP contribution in [-0.2, 0) is 15.8 Å². The van der Waals surface area contributed by atoms with Gasteiger partial charge < -0.3 is 15.2 Å². The van der Waals surface area contributed by atoms with Crippen molar-refractivity contribution < 1.29 is 36.7 Å². The second-order valence-corrected chi connectivity index (χ2v) is 10.1. The molecule has 14 heteroatoms. The number of halogens is 4. The van der Waals surface area contributed by atoms with Crippen molar-refractivity contribution in [3.05, 3.63) is 63.8 Å². The van der Waals surface area contributed by atoms with Gasteiger partial charge in [0.2, 0.25) is 11.5 Å². The summed E-state index contributed by atoms with van der Waals surface area (Å²) >= 11 is 0. The molecule has 1 spiro atoms. The Morgan fingerprint density at radius 3 is 2.25 bits per heavy atom. The Bertz CT molecular complexity index is 1390. The zero-order valence-electron chi connectivity index (χ0n) is 21.8. The van der Waals surface area contributed by atoms with Crippen LogP contribution in [0.5, 0.6) is 0 Å². The lowest BCUT2D eigenvalue weighted by Gasteiger charge is -2.43. The predicted octanol–water partition coefficient (Wildman–Crippen LogP) is 2.75. The maximum absolute atomic E-state index is 14.3. The van der Waals surface area contributed by atoms with Crippen molar-refractivity contribution in [2.45, 2.75) is 44.4 Å². The number of carbonyl (C=O) groups is 4. The number of piperidine rings is 1. The molecule has 2 aliphatic rings. The smallest absolute Gasteiger partial charge is 0.341 e. The summed E-state index contributed by atoms with van der Waals surface area (Å²) in [5.41, 5.74) is -3.45. The Morgan fingerprint density at radius 2 is 1.70 bits per heavy atom. The minimum Gasteiger partial charge on any atom is -0.341 e. The van der Waals surface area contributed by atoms with E-state index in [9.17, 15) is 41.5 Å². The number of aromatic amines is 1. The molecule has 0 bridgehead atoms. The van der Waals surface area contributed by atoms with E-state index < -0.39 is 69.9 Å². The maximum atomic E-state index is 14.3. The molecule has 1 unspecified atom stereocenters. The van der Waals surface area contributed by atoms with E-state index in [1.54, 1.807) is 13.8 Å². The highest BCUT2D eigenvalue weighted by atomic mass is 19.4. The summed E-state index contributed by atoms with van der Waals surface area (Å²) in [4.78, 5) is 70.1. The number of hydrogen-bond donors (Lipinski definition) is 2. The summed E-state index contributed by atoms with van der Waals surface area (Å²) in [5, 5.41) is 2.36. The van der Waals surface area contributed by atoms with Gasteiger partial charge in [0, 0.05) is 32.4 Å². The van der Waals surface area contributed by atoms with E-state index in [2.05, 4.69) is 10.3 Å². The van der Waals surface area contributed by atoms with Gasteiger partial charge in [0.25, 0.3) is 11.8 Å². The number of urea groups is 1. The molecule has 2 N–H and O–H groups in total. The molecule has 1 aromatic carbocycles. The number of aromatic nitrogens is 1. The molecule has 2 aromatic rings. The zero-order chi connectivity index (χ0) is 29.6. The van der Waals surface area contributed by atoms with Crippen LogP contribution >= 0.6 is 0 Å². The molecule has 3 heterocycles. The number of amides is 5. The number of anilines is 1. The number of nitrogens with zero attached hydrogens (tertiary/aromatic N) is 3. The molecular formula is C26H27F4N5O5. The molecule has 2 fully saturated rings. The second-order valence-electron chi connectivity index (χ2n) is 10.1. The van der Waals surface area contributed by atoms with Gasteiger partial charge in [0.15, 0.2) is 0 Å². The molecular weight excluding hydrogens is 538 g/mol. The van der Waals surface area contributed by atoms with Gasteiger partial charge in [0.05, 0.1) is 16.8 Å². The van der Waals surface area contributed by atoms with Crippen molar-refractivity contribution in [2.75, 3.05) is 25.0 Å². The summed E-state index contributed by atoms with van der Waals surface area (Å²) in [7, 11) is 1.34. The Kier molecular flexibility index (Phi) is 7.47. The lowest BCUT2D eigenvalue weighted by molar-refractivity contribution is -0.139. The summed E-state index contributed by atoms with van der Waals surface area (Å²) < 4.78 is 53.6. The maximum Gasteiger partial charge on any atom is 0.416 e. The molecule has 40 heavy (non-hydrogen) atoms. The number of likely N-dealkylation sites (tertiary alicyclic amines) is 1. The Balaban J connectivity index is 1.53. The van der Waals surface area contributed by atoms with Crippen LogP contribution in [-0.4, -0.2) is 70.3 Å². The van der Waals surface area contributed by atoms with Crippen LogP contribution in [0, 0.1) is 11.7 Å². The molecule has 214 valence electrons. The highest BCUT2D eigenvalue weighted by Crippen LogP contribution is 2.40. The van der Waals surface area contributed by atoms with E-state index in [1.807, 2.05) is 0 Å². The third-order valence-corrected chi connectivity index (χ3v) is 7.29. The molecule has 5 amide bonds. The first kappa shape index (κ1) is 28.8. The number of nitrogens with one attached hydrogen (secondary N) is 2. The van der Waals surface area contributed by atoms with Gasteiger partial charge in [0.1, 0.15) is 17.4 Å². The number of benzene rings is 1. The number of pyridine rings is 1. The van der Waals surface area contributed by atoms with E-state index in [4.69, 9.17) is 0 Å². The molecule has 1 atom stereocenters. The minimum absolute atomic E-state index is 0.0164. The van der Waals surface area contributed by atoms with Crippen molar-refractivity contribution in [2.24, 2.45) is 5.92 Å². The molecule has 0 saturated carbocycles. The van der Waals surface area contributed by atoms with Gasteiger partial charge in [-0.1, -0.05) is 13.8 Å². The fourth-order valence-corrected chi connectivity index (χ4v) is 5.07. The first-order chi connectivity index (χ1) is 18.7. The molecule has 4 rings (SSSR count). The van der Waals surface area contributed by atoms with Crippen LogP contribution in [0.1, 0.15) is 42.6 Å². The van der Waals surface area contributed by atoms with Gasteiger partial charge in [-0.2, -0.15) is 13.2 Å². The van der Waals surface area contributed by atoms with E-state index >= 15 is 0 Å². The van der Waals surface area contributed by atoms with Gasteiger partial charge in [-0.15, -0.1) is 0 Å². The minimum atomic E-state index is -4.80. The van der Waals surface area contributed by atoms with Crippen LogP contribution in [0.2, 0.25) is 0 Å². The Morgan fingerprint density at radius 1 is 1.05 bits per heavy atom. The Hall–Kier alpha value is -4.23. The van der Waals surface area contributed by atoms with Crippen molar-refractivity contribution in [3.8, 4) is 0 Å². The molecule has 2 aliphatic heterocycles. The van der Waals surface area contributed by atoms with Gasteiger partial charge in [-0.05, 0) is 43.0 Å². The van der Waals surface area contributed by atoms with E-state index in [1.165, 1.54) is 35.2 Å². The summed E-state index contributed by atoms with van der Waals surface area (Å²) in [5.74, 6) is -3.89. The third kappa shape index (κ3) is 5.05. The first-order valence-electron chi connectivity index (χ1n) is 12.4. The lowest BCUT2D eigenvalue weighted by Crippen LogP contribution is -2.60. The number of rotatable bonds is 5. The quantitative estimate of drug-likeness (QED) is 0.427. The van der Waals surface area contributed by atoms with Crippen molar-refractivity contribution >= 4 is 29.4 Å². The van der Waals surface area contributed by atoms with Crippen LogP contribution in [0.3, 0.4) is 0 Å². The van der Waals surface area contributed by atoms with Crippen molar-refractivity contribution in [3.63, 3.8) is 0 Å². The number of carbonyl (C=O) groups excluding carboxylic acids is 4. The van der Waals surface area contributed by atoms with Gasteiger partial charge >= 0.3 is 12.2 Å². The lowest BCUT2D eigenvalue weighted by atomic mass is 9.85. The van der Waals surface area contributed by atoms with E-state index in [0.717, 1.165) is 4.90 Å².